The Labute approximate surface area is 178 Å². The van der Waals surface area contributed by atoms with Gasteiger partial charge in [0.15, 0.2) is 15.8 Å². The van der Waals surface area contributed by atoms with Gasteiger partial charge in [0.25, 0.3) is 0 Å². The van der Waals surface area contributed by atoms with Crippen molar-refractivity contribution in [3.63, 3.8) is 0 Å². The first kappa shape index (κ1) is 23.2. The molecule has 2 aromatic carbocycles. The summed E-state index contributed by atoms with van der Waals surface area (Å²) in [4.78, 5) is 4.63. The van der Waals surface area contributed by atoms with Crippen molar-refractivity contribution in [2.45, 2.75) is 38.3 Å². The van der Waals surface area contributed by atoms with Crippen LogP contribution in [0.25, 0.3) is 0 Å². The fourth-order valence-electron chi connectivity index (χ4n) is 2.48. The molecule has 0 unspecified atom stereocenters. The van der Waals surface area contributed by atoms with E-state index < -0.39 is 9.84 Å². The maximum absolute atomic E-state index is 11.7. The molecule has 0 saturated heterocycles. The van der Waals surface area contributed by atoms with Crippen molar-refractivity contribution in [1.29, 1.82) is 0 Å². The molecule has 0 heterocycles. The molecular formula is C19H26IN3O3S. The fourth-order valence-corrected chi connectivity index (χ4v) is 3.44. The number of nitrogens with zero attached hydrogens (tertiary/aromatic N) is 1. The van der Waals surface area contributed by atoms with Crippen LogP contribution in [-0.4, -0.2) is 26.7 Å². The summed E-state index contributed by atoms with van der Waals surface area (Å²) in [5.41, 5.74) is 8.32. The topological polar surface area (TPSA) is 93.8 Å². The highest BCUT2D eigenvalue weighted by Crippen LogP contribution is 2.18. The molecule has 0 aliphatic rings. The van der Waals surface area contributed by atoms with E-state index >= 15 is 0 Å². The molecule has 2 rings (SSSR count). The van der Waals surface area contributed by atoms with E-state index in [-0.39, 0.29) is 36.0 Å². The minimum atomic E-state index is -3.22. The van der Waals surface area contributed by atoms with Gasteiger partial charge in [-0.25, -0.2) is 13.4 Å². The van der Waals surface area contributed by atoms with Crippen molar-refractivity contribution < 1.29 is 13.2 Å². The summed E-state index contributed by atoms with van der Waals surface area (Å²) in [6, 6.07) is 12.6. The minimum absolute atomic E-state index is 0. The Hall–Kier alpha value is -1.81. The third-order valence-electron chi connectivity index (χ3n) is 3.57. The molecule has 0 saturated carbocycles. The lowest BCUT2D eigenvalue weighted by Crippen LogP contribution is -2.22. The number of rotatable bonds is 6. The normalized spacial score (nSPS) is 11.8. The van der Waals surface area contributed by atoms with E-state index in [9.17, 15) is 8.42 Å². The van der Waals surface area contributed by atoms with Gasteiger partial charge < -0.3 is 15.8 Å². The molecule has 0 aliphatic heterocycles. The highest BCUT2D eigenvalue weighted by Gasteiger charge is 2.10. The van der Waals surface area contributed by atoms with Gasteiger partial charge in [0.05, 0.1) is 17.5 Å². The van der Waals surface area contributed by atoms with Crippen molar-refractivity contribution in [2.75, 3.05) is 11.6 Å². The number of hydrogen-bond acceptors (Lipinski definition) is 4. The summed E-state index contributed by atoms with van der Waals surface area (Å²) in [7, 11) is -3.22. The highest BCUT2D eigenvalue weighted by atomic mass is 127. The zero-order chi connectivity index (χ0) is 19.3. The third kappa shape index (κ3) is 7.37. The first-order chi connectivity index (χ1) is 12.1. The molecule has 27 heavy (non-hydrogen) atoms. The second-order valence-corrected chi connectivity index (χ2v) is 8.37. The molecule has 0 bridgehead atoms. The van der Waals surface area contributed by atoms with Gasteiger partial charge in [0, 0.05) is 11.9 Å². The predicted molar refractivity (Wildman–Crippen MR) is 121 cm³/mol. The first-order valence-corrected chi connectivity index (χ1v) is 10.2. The van der Waals surface area contributed by atoms with Gasteiger partial charge in [-0.05, 0) is 62.2 Å². The summed E-state index contributed by atoms with van der Waals surface area (Å²) < 4.78 is 28.9. The van der Waals surface area contributed by atoms with E-state index in [0.29, 0.717) is 17.0 Å². The quantitative estimate of drug-likeness (QED) is 0.356. The van der Waals surface area contributed by atoms with Gasteiger partial charge in [-0.3, -0.25) is 0 Å². The van der Waals surface area contributed by atoms with Gasteiger partial charge in [-0.2, -0.15) is 0 Å². The first-order valence-electron chi connectivity index (χ1n) is 8.28. The molecular weight excluding hydrogens is 477 g/mol. The third-order valence-corrected chi connectivity index (χ3v) is 4.83. The average molecular weight is 503 g/mol. The highest BCUT2D eigenvalue weighted by molar-refractivity contribution is 14.0. The number of hydrogen-bond donors (Lipinski definition) is 2. The van der Waals surface area contributed by atoms with Gasteiger partial charge in [0.1, 0.15) is 5.75 Å². The van der Waals surface area contributed by atoms with E-state index in [1.54, 1.807) is 19.1 Å². The summed E-state index contributed by atoms with van der Waals surface area (Å²) in [5.74, 6) is 1.08. The molecule has 2 aromatic rings. The van der Waals surface area contributed by atoms with Crippen LogP contribution >= 0.6 is 24.0 Å². The van der Waals surface area contributed by atoms with E-state index in [1.807, 2.05) is 44.2 Å². The molecule has 0 radical (unpaired) electrons. The number of guanidine groups is 1. The lowest BCUT2D eigenvalue weighted by Gasteiger charge is -2.11. The number of aliphatic imine (C=N–C) groups is 1. The molecule has 0 atom stereocenters. The van der Waals surface area contributed by atoms with E-state index in [1.165, 1.54) is 6.26 Å². The van der Waals surface area contributed by atoms with Crippen LogP contribution in [0, 0.1) is 6.92 Å². The van der Waals surface area contributed by atoms with Crippen LogP contribution in [0.5, 0.6) is 5.75 Å². The average Bonchev–Trinajstić information content (AvgIpc) is 2.53. The zero-order valence-corrected chi connectivity index (χ0v) is 19.0. The Morgan fingerprint density at radius 3 is 2.33 bits per heavy atom. The molecule has 0 amide bonds. The van der Waals surface area contributed by atoms with E-state index in [4.69, 9.17) is 10.5 Å². The Morgan fingerprint density at radius 1 is 1.19 bits per heavy atom. The number of halogens is 1. The Morgan fingerprint density at radius 2 is 1.81 bits per heavy atom. The second kappa shape index (κ2) is 9.93. The van der Waals surface area contributed by atoms with Gasteiger partial charge in [0.2, 0.25) is 0 Å². The molecule has 8 heteroatoms. The molecule has 148 valence electrons. The van der Waals surface area contributed by atoms with Crippen LogP contribution in [0.4, 0.5) is 5.69 Å². The summed E-state index contributed by atoms with van der Waals surface area (Å²) in [6.45, 7) is 6.08. The Kier molecular flexibility index (Phi) is 8.55. The van der Waals surface area contributed by atoms with Crippen molar-refractivity contribution in [2.24, 2.45) is 10.7 Å². The lowest BCUT2D eigenvalue weighted by molar-refractivity contribution is 0.242. The monoisotopic (exact) mass is 503 g/mol. The second-order valence-electron chi connectivity index (χ2n) is 6.39. The number of ether oxygens (including phenoxy) is 1. The Bertz CT molecular complexity index is 895. The number of aryl methyl sites for hydroxylation is 1. The van der Waals surface area contributed by atoms with Gasteiger partial charge in [-0.1, -0.05) is 12.1 Å². The zero-order valence-electron chi connectivity index (χ0n) is 15.9. The standard InChI is InChI=1S/C19H25N3O3S.HI/c1-13(2)25-17-8-6-16(7-9-17)22-19(20)21-12-15-5-10-18(14(3)11-15)26(4,23)24;/h5-11,13H,12H2,1-4H3,(H3,20,21,22);1H. The van der Waals surface area contributed by atoms with Crippen LogP contribution in [-0.2, 0) is 16.4 Å². The van der Waals surface area contributed by atoms with Crippen LogP contribution in [0.1, 0.15) is 25.0 Å². The summed E-state index contributed by atoms with van der Waals surface area (Å²) in [5, 5.41) is 3.02. The maximum atomic E-state index is 11.7. The van der Waals surface area contributed by atoms with Crippen molar-refractivity contribution in [1.82, 2.24) is 0 Å². The van der Waals surface area contributed by atoms with Gasteiger partial charge in [-0.15, -0.1) is 24.0 Å². The fraction of sp³-hybridized carbons (Fsp3) is 0.316. The summed E-state index contributed by atoms with van der Waals surface area (Å²) in [6.07, 6.45) is 1.32. The Balaban J connectivity index is 0.00000364. The SMILES string of the molecule is Cc1cc(CN=C(N)Nc2ccc(OC(C)C)cc2)ccc1S(C)(=O)=O.I. The number of nitrogens with one attached hydrogen (secondary N) is 1. The summed E-state index contributed by atoms with van der Waals surface area (Å²) >= 11 is 0. The van der Waals surface area contributed by atoms with Crippen LogP contribution in [0.3, 0.4) is 0 Å². The van der Waals surface area contributed by atoms with Crippen LogP contribution in [0.15, 0.2) is 52.4 Å². The smallest absolute Gasteiger partial charge is 0.193 e. The molecule has 3 N–H and O–H groups in total. The largest absolute Gasteiger partial charge is 0.491 e. The molecule has 6 nitrogen and oxygen atoms in total. The molecule has 0 spiro atoms. The number of benzene rings is 2. The predicted octanol–water partition coefficient (Wildman–Crippen LogP) is 3.73. The minimum Gasteiger partial charge on any atom is -0.491 e. The van der Waals surface area contributed by atoms with Crippen molar-refractivity contribution in [3.05, 3.63) is 53.6 Å². The van der Waals surface area contributed by atoms with Crippen LogP contribution in [0.2, 0.25) is 0 Å². The maximum Gasteiger partial charge on any atom is 0.193 e. The van der Waals surface area contributed by atoms with E-state index in [2.05, 4.69) is 10.3 Å². The number of nitrogens with two attached hydrogens (primary N) is 1. The van der Waals surface area contributed by atoms with Crippen molar-refractivity contribution >= 4 is 45.5 Å². The molecule has 0 aliphatic carbocycles. The van der Waals surface area contributed by atoms with Crippen molar-refractivity contribution in [3.8, 4) is 5.75 Å². The molecule has 0 fully saturated rings. The number of sulfone groups is 1. The number of anilines is 1. The van der Waals surface area contributed by atoms with Gasteiger partial charge >= 0.3 is 0 Å². The van der Waals surface area contributed by atoms with Crippen LogP contribution < -0.4 is 15.8 Å². The van der Waals surface area contributed by atoms with E-state index in [0.717, 1.165) is 17.0 Å². The molecule has 0 aromatic heterocycles. The lowest BCUT2D eigenvalue weighted by atomic mass is 10.1.